The number of rotatable bonds is 0. The van der Waals surface area contributed by atoms with Gasteiger partial charge in [-0.3, -0.25) is 0 Å². The number of nitrogens with two attached hydrogens (primary N) is 1. The number of carbonyl (C=O) groups excluding carboxylic acids is 1. The van der Waals surface area contributed by atoms with Crippen molar-refractivity contribution < 1.29 is 4.79 Å². The summed E-state index contributed by atoms with van der Waals surface area (Å²) in [5.74, 6) is 7.38. The Bertz CT molecular complexity index is 161. The van der Waals surface area contributed by atoms with Gasteiger partial charge in [-0.1, -0.05) is 6.42 Å². The van der Waals surface area contributed by atoms with Crippen LogP contribution in [0.25, 0.3) is 0 Å². The molecule has 1 fully saturated rings. The predicted molar refractivity (Wildman–Crippen MR) is 38.6 cm³/mol. The molecule has 3 heteroatoms. The number of allylic oxidation sites excluding steroid dienone is 1. The standard InChI is InChI=1S/C7H12N2O/c8-9-5-3-1-2-4-7(9)6-10/h1-5,8H2. The normalized spacial score (nSPS) is 20.1. The maximum absolute atomic E-state index is 10.2. The van der Waals surface area contributed by atoms with Gasteiger partial charge in [0.05, 0.1) is 0 Å². The quantitative estimate of drug-likeness (QED) is 0.392. The van der Waals surface area contributed by atoms with Crippen LogP contribution in [-0.4, -0.2) is 17.5 Å². The molecule has 1 saturated heterocycles. The first-order valence-corrected chi connectivity index (χ1v) is 3.61. The lowest BCUT2D eigenvalue weighted by molar-refractivity contribution is 0.361. The molecule has 0 bridgehead atoms. The van der Waals surface area contributed by atoms with Crippen LogP contribution in [-0.2, 0) is 4.79 Å². The number of hydrazine groups is 1. The second-order valence-corrected chi connectivity index (χ2v) is 2.55. The van der Waals surface area contributed by atoms with Crippen molar-refractivity contribution in [1.82, 2.24) is 5.01 Å². The van der Waals surface area contributed by atoms with Crippen molar-refractivity contribution in [2.24, 2.45) is 5.84 Å². The fourth-order valence-corrected chi connectivity index (χ4v) is 1.14. The van der Waals surface area contributed by atoms with Crippen LogP contribution in [0, 0.1) is 0 Å². The lowest BCUT2D eigenvalue weighted by Gasteiger charge is -2.14. The zero-order chi connectivity index (χ0) is 7.40. The van der Waals surface area contributed by atoms with Crippen molar-refractivity contribution in [3.8, 4) is 0 Å². The molecule has 0 aromatic carbocycles. The zero-order valence-electron chi connectivity index (χ0n) is 5.97. The van der Waals surface area contributed by atoms with E-state index in [0.29, 0.717) is 5.70 Å². The molecular weight excluding hydrogens is 128 g/mol. The summed E-state index contributed by atoms with van der Waals surface area (Å²) in [6.45, 7) is 0.796. The van der Waals surface area contributed by atoms with E-state index in [0.717, 1.165) is 25.8 Å². The summed E-state index contributed by atoms with van der Waals surface area (Å²) >= 11 is 0. The summed E-state index contributed by atoms with van der Waals surface area (Å²) in [4.78, 5) is 10.2. The van der Waals surface area contributed by atoms with Crippen LogP contribution >= 0.6 is 0 Å². The Morgan fingerprint density at radius 3 is 2.90 bits per heavy atom. The van der Waals surface area contributed by atoms with E-state index in [4.69, 9.17) is 5.84 Å². The SMILES string of the molecule is NN1CCCCCC1=C=O. The van der Waals surface area contributed by atoms with Crippen molar-refractivity contribution in [1.29, 1.82) is 0 Å². The van der Waals surface area contributed by atoms with Gasteiger partial charge in [0.1, 0.15) is 11.6 Å². The molecular formula is C7H12N2O. The van der Waals surface area contributed by atoms with E-state index in [9.17, 15) is 4.79 Å². The minimum absolute atomic E-state index is 0.623. The Morgan fingerprint density at radius 1 is 1.40 bits per heavy atom. The van der Waals surface area contributed by atoms with E-state index >= 15 is 0 Å². The van der Waals surface area contributed by atoms with Crippen LogP contribution in [0.3, 0.4) is 0 Å². The van der Waals surface area contributed by atoms with Crippen LogP contribution in [0.4, 0.5) is 0 Å². The summed E-state index contributed by atoms with van der Waals surface area (Å²) in [5, 5.41) is 1.51. The Labute approximate surface area is 60.5 Å². The van der Waals surface area contributed by atoms with Gasteiger partial charge in [-0.05, 0) is 19.3 Å². The predicted octanol–water partition coefficient (Wildman–Crippen LogP) is 0.452. The third-order valence-electron chi connectivity index (χ3n) is 1.78. The molecule has 0 aliphatic carbocycles. The van der Waals surface area contributed by atoms with Crippen molar-refractivity contribution >= 4 is 5.94 Å². The van der Waals surface area contributed by atoms with Gasteiger partial charge in [-0.2, -0.15) is 0 Å². The summed E-state index contributed by atoms with van der Waals surface area (Å²) in [6.07, 6.45) is 4.11. The first-order chi connectivity index (χ1) is 4.84. The molecule has 0 saturated carbocycles. The van der Waals surface area contributed by atoms with Gasteiger partial charge in [0.15, 0.2) is 0 Å². The van der Waals surface area contributed by atoms with E-state index in [-0.39, 0.29) is 0 Å². The smallest absolute Gasteiger partial charge is 0.147 e. The molecule has 0 radical (unpaired) electrons. The molecule has 0 spiro atoms. The molecule has 0 aromatic heterocycles. The highest BCUT2D eigenvalue weighted by Gasteiger charge is 2.09. The highest BCUT2D eigenvalue weighted by molar-refractivity contribution is 5.51. The monoisotopic (exact) mass is 140 g/mol. The van der Waals surface area contributed by atoms with E-state index in [1.54, 1.807) is 0 Å². The minimum Gasteiger partial charge on any atom is -0.305 e. The van der Waals surface area contributed by atoms with Crippen LogP contribution in [0.5, 0.6) is 0 Å². The summed E-state index contributed by atoms with van der Waals surface area (Å²) in [7, 11) is 0. The van der Waals surface area contributed by atoms with E-state index in [1.807, 2.05) is 5.94 Å². The number of hydrogen-bond donors (Lipinski definition) is 1. The van der Waals surface area contributed by atoms with Crippen molar-refractivity contribution in [2.75, 3.05) is 6.54 Å². The molecule has 56 valence electrons. The molecule has 1 aliphatic rings. The molecule has 0 atom stereocenters. The minimum atomic E-state index is 0.623. The fourth-order valence-electron chi connectivity index (χ4n) is 1.14. The van der Waals surface area contributed by atoms with E-state index < -0.39 is 0 Å². The molecule has 1 heterocycles. The lowest BCUT2D eigenvalue weighted by atomic mass is 10.2. The fraction of sp³-hybridized carbons (Fsp3) is 0.714. The molecule has 0 aromatic rings. The summed E-state index contributed by atoms with van der Waals surface area (Å²) in [5.41, 5.74) is 0.623. The Balaban J connectivity index is 2.60. The molecule has 3 nitrogen and oxygen atoms in total. The molecule has 0 amide bonds. The average Bonchev–Trinajstić information content (AvgIpc) is 2.13. The second kappa shape index (κ2) is 3.40. The maximum Gasteiger partial charge on any atom is 0.147 e. The number of hydrogen-bond acceptors (Lipinski definition) is 3. The third kappa shape index (κ3) is 1.59. The largest absolute Gasteiger partial charge is 0.305 e. The summed E-state index contributed by atoms with van der Waals surface area (Å²) < 4.78 is 0. The van der Waals surface area contributed by atoms with Gasteiger partial charge >= 0.3 is 0 Å². The van der Waals surface area contributed by atoms with E-state index in [1.165, 1.54) is 11.4 Å². The highest BCUT2D eigenvalue weighted by atomic mass is 16.1. The van der Waals surface area contributed by atoms with Crippen LogP contribution < -0.4 is 5.84 Å². The molecule has 1 aliphatic heterocycles. The first kappa shape index (κ1) is 7.32. The topological polar surface area (TPSA) is 46.3 Å². The first-order valence-electron chi connectivity index (χ1n) is 3.61. The number of nitrogens with zero attached hydrogens (tertiary/aromatic N) is 1. The Morgan fingerprint density at radius 2 is 2.20 bits per heavy atom. The van der Waals surface area contributed by atoms with Crippen molar-refractivity contribution in [3.05, 3.63) is 5.70 Å². The lowest BCUT2D eigenvalue weighted by Crippen LogP contribution is -2.30. The maximum atomic E-state index is 10.2. The molecule has 0 unspecified atom stereocenters. The zero-order valence-corrected chi connectivity index (χ0v) is 5.97. The van der Waals surface area contributed by atoms with Gasteiger partial charge in [-0.15, -0.1) is 0 Å². The van der Waals surface area contributed by atoms with E-state index in [2.05, 4.69) is 0 Å². The second-order valence-electron chi connectivity index (χ2n) is 2.55. The summed E-state index contributed by atoms with van der Waals surface area (Å²) in [6, 6.07) is 0. The Kier molecular flexibility index (Phi) is 2.49. The third-order valence-corrected chi connectivity index (χ3v) is 1.78. The van der Waals surface area contributed by atoms with Crippen LogP contribution in [0.15, 0.2) is 5.70 Å². The Hall–Kier alpha value is -0.790. The molecule has 2 N–H and O–H groups in total. The van der Waals surface area contributed by atoms with Gasteiger partial charge in [0, 0.05) is 6.54 Å². The molecule has 10 heavy (non-hydrogen) atoms. The average molecular weight is 140 g/mol. The van der Waals surface area contributed by atoms with Gasteiger partial charge in [0.25, 0.3) is 0 Å². The highest BCUT2D eigenvalue weighted by Crippen LogP contribution is 2.13. The molecule has 1 rings (SSSR count). The van der Waals surface area contributed by atoms with Crippen molar-refractivity contribution in [2.45, 2.75) is 25.7 Å². The van der Waals surface area contributed by atoms with Crippen molar-refractivity contribution in [3.63, 3.8) is 0 Å². The van der Waals surface area contributed by atoms with Crippen LogP contribution in [0.2, 0.25) is 0 Å². The van der Waals surface area contributed by atoms with Crippen LogP contribution in [0.1, 0.15) is 25.7 Å². The van der Waals surface area contributed by atoms with Gasteiger partial charge in [0.2, 0.25) is 0 Å². The van der Waals surface area contributed by atoms with Gasteiger partial charge < -0.3 is 5.01 Å². The van der Waals surface area contributed by atoms with Gasteiger partial charge in [-0.25, -0.2) is 10.6 Å².